The van der Waals surface area contributed by atoms with Gasteiger partial charge in [0.05, 0.1) is 0 Å². The van der Waals surface area contributed by atoms with Crippen LogP contribution in [0.15, 0.2) is 0 Å². The Kier molecular flexibility index (Phi) is 6.72. The molecule has 1 rings (SSSR count). The van der Waals surface area contributed by atoms with Gasteiger partial charge in [0.15, 0.2) is 0 Å². The van der Waals surface area contributed by atoms with Gasteiger partial charge in [0.25, 0.3) is 0 Å². The van der Waals surface area contributed by atoms with Crippen molar-refractivity contribution in [3.05, 3.63) is 0 Å². The number of rotatable bonds is 6. The number of amides is 2. The highest BCUT2D eigenvalue weighted by molar-refractivity contribution is 5.83. The number of nitrogens with zero attached hydrogens (tertiary/aromatic N) is 1. The summed E-state index contributed by atoms with van der Waals surface area (Å²) in [5, 5.41) is 5.71. The molecule has 0 aromatic carbocycles. The molecule has 18 heavy (non-hydrogen) atoms. The molecule has 5 heteroatoms. The number of carbonyl (C=O) groups is 2. The first-order chi connectivity index (χ1) is 8.65. The summed E-state index contributed by atoms with van der Waals surface area (Å²) in [7, 11) is 0. The number of piperidine rings is 1. The van der Waals surface area contributed by atoms with E-state index in [-0.39, 0.29) is 24.3 Å². The van der Waals surface area contributed by atoms with Crippen molar-refractivity contribution in [1.29, 1.82) is 0 Å². The van der Waals surface area contributed by atoms with E-state index in [1.807, 2.05) is 6.92 Å². The van der Waals surface area contributed by atoms with E-state index in [4.69, 9.17) is 0 Å². The fourth-order valence-corrected chi connectivity index (χ4v) is 2.21. The molecule has 0 unspecified atom stereocenters. The predicted molar refractivity (Wildman–Crippen MR) is 71.2 cm³/mol. The van der Waals surface area contributed by atoms with E-state index in [0.29, 0.717) is 13.0 Å². The van der Waals surface area contributed by atoms with Crippen LogP contribution in [0, 0.1) is 0 Å². The minimum Gasteiger partial charge on any atom is -0.356 e. The van der Waals surface area contributed by atoms with Crippen molar-refractivity contribution in [3.8, 4) is 0 Å². The summed E-state index contributed by atoms with van der Waals surface area (Å²) >= 11 is 0. The molecule has 1 saturated heterocycles. The molecule has 0 aromatic heterocycles. The number of likely N-dealkylation sites (tertiary alicyclic amines) is 1. The first-order valence-electron chi connectivity index (χ1n) is 6.94. The van der Waals surface area contributed by atoms with Crippen LogP contribution in [0.25, 0.3) is 0 Å². The molecule has 5 nitrogen and oxygen atoms in total. The van der Waals surface area contributed by atoms with Gasteiger partial charge >= 0.3 is 0 Å². The molecule has 0 atom stereocenters. The molecule has 1 aliphatic heterocycles. The largest absolute Gasteiger partial charge is 0.356 e. The summed E-state index contributed by atoms with van der Waals surface area (Å²) < 4.78 is 0. The minimum absolute atomic E-state index is 0.00352. The maximum Gasteiger partial charge on any atom is 0.220 e. The summed E-state index contributed by atoms with van der Waals surface area (Å²) in [6.07, 6.45) is 2.61. The van der Waals surface area contributed by atoms with Crippen molar-refractivity contribution in [2.75, 3.05) is 26.2 Å². The summed E-state index contributed by atoms with van der Waals surface area (Å²) in [6.45, 7) is 7.84. The fraction of sp³-hybridized carbons (Fsp3) is 0.846. The second kappa shape index (κ2) is 8.08. The summed E-state index contributed by atoms with van der Waals surface area (Å²) in [6, 6.07) is 0.287. The molecule has 0 aromatic rings. The Balaban J connectivity index is 2.15. The molecule has 0 radical (unpaired) electrons. The van der Waals surface area contributed by atoms with Gasteiger partial charge in [-0.2, -0.15) is 0 Å². The lowest BCUT2D eigenvalue weighted by Gasteiger charge is -2.31. The van der Waals surface area contributed by atoms with Gasteiger partial charge in [-0.1, -0.05) is 6.92 Å². The Labute approximate surface area is 109 Å². The number of nitrogens with one attached hydrogen (secondary N) is 2. The van der Waals surface area contributed by atoms with E-state index in [2.05, 4.69) is 22.5 Å². The first-order valence-corrected chi connectivity index (χ1v) is 6.94. The fourth-order valence-electron chi connectivity index (χ4n) is 2.21. The maximum absolute atomic E-state index is 11.7. The standard InChI is InChI=1S/C13H25N3O2/c1-3-14-12(17)5-6-13(18)15-11-7-9-16(4-2)10-8-11/h11H,3-10H2,1-2H3,(H,14,17)(H,15,18). The van der Waals surface area contributed by atoms with Crippen LogP contribution in [-0.2, 0) is 9.59 Å². The zero-order valence-electron chi connectivity index (χ0n) is 11.5. The molecule has 2 N–H and O–H groups in total. The van der Waals surface area contributed by atoms with E-state index in [1.165, 1.54) is 0 Å². The van der Waals surface area contributed by atoms with Crippen LogP contribution in [-0.4, -0.2) is 48.9 Å². The third kappa shape index (κ3) is 5.49. The zero-order valence-corrected chi connectivity index (χ0v) is 11.5. The lowest BCUT2D eigenvalue weighted by molar-refractivity contribution is -0.126. The Bertz CT molecular complexity index is 273. The SMILES string of the molecule is CCNC(=O)CCC(=O)NC1CCN(CC)CC1. The minimum atomic E-state index is -0.0477. The molecule has 0 bridgehead atoms. The monoisotopic (exact) mass is 255 g/mol. The molecular formula is C13H25N3O2. The molecule has 1 fully saturated rings. The highest BCUT2D eigenvalue weighted by Crippen LogP contribution is 2.09. The van der Waals surface area contributed by atoms with Gasteiger partial charge in [-0.15, -0.1) is 0 Å². The van der Waals surface area contributed by atoms with Gasteiger partial charge in [0.1, 0.15) is 0 Å². The lowest BCUT2D eigenvalue weighted by atomic mass is 10.0. The van der Waals surface area contributed by atoms with E-state index in [1.54, 1.807) is 0 Å². The molecule has 2 amide bonds. The van der Waals surface area contributed by atoms with E-state index in [0.717, 1.165) is 32.5 Å². The lowest BCUT2D eigenvalue weighted by Crippen LogP contribution is -2.44. The average molecular weight is 255 g/mol. The van der Waals surface area contributed by atoms with Gasteiger partial charge in [-0.25, -0.2) is 0 Å². The summed E-state index contributed by atoms with van der Waals surface area (Å²) in [5.74, 6) is -0.0512. The van der Waals surface area contributed by atoms with Crippen molar-refractivity contribution >= 4 is 11.8 Å². The van der Waals surface area contributed by atoms with Crippen LogP contribution < -0.4 is 10.6 Å². The second-order valence-electron chi connectivity index (χ2n) is 4.73. The number of carbonyl (C=O) groups excluding carboxylic acids is 2. The second-order valence-corrected chi connectivity index (χ2v) is 4.73. The van der Waals surface area contributed by atoms with Crippen LogP contribution in [0.2, 0.25) is 0 Å². The smallest absolute Gasteiger partial charge is 0.220 e. The molecule has 0 saturated carbocycles. The first kappa shape index (κ1) is 15.0. The average Bonchev–Trinajstić information content (AvgIpc) is 2.38. The van der Waals surface area contributed by atoms with Crippen molar-refractivity contribution in [3.63, 3.8) is 0 Å². The third-order valence-corrected chi connectivity index (χ3v) is 3.35. The molecule has 104 valence electrons. The normalized spacial score (nSPS) is 17.4. The van der Waals surface area contributed by atoms with E-state index in [9.17, 15) is 9.59 Å². The topological polar surface area (TPSA) is 61.4 Å². The Morgan fingerprint density at radius 1 is 1.11 bits per heavy atom. The molecular weight excluding hydrogens is 230 g/mol. The van der Waals surface area contributed by atoms with Crippen LogP contribution >= 0.6 is 0 Å². The van der Waals surface area contributed by atoms with Gasteiger partial charge in [0, 0.05) is 38.5 Å². The van der Waals surface area contributed by atoms with Crippen molar-refractivity contribution in [1.82, 2.24) is 15.5 Å². The van der Waals surface area contributed by atoms with Gasteiger partial charge in [0.2, 0.25) is 11.8 Å². The maximum atomic E-state index is 11.7. The molecule has 0 spiro atoms. The van der Waals surface area contributed by atoms with Crippen molar-refractivity contribution in [2.45, 2.75) is 45.6 Å². The third-order valence-electron chi connectivity index (χ3n) is 3.35. The Morgan fingerprint density at radius 2 is 1.72 bits per heavy atom. The number of hydrogen-bond acceptors (Lipinski definition) is 3. The molecule has 1 aliphatic rings. The van der Waals surface area contributed by atoms with Crippen molar-refractivity contribution < 1.29 is 9.59 Å². The molecule has 1 heterocycles. The molecule has 0 aliphatic carbocycles. The van der Waals surface area contributed by atoms with Crippen LogP contribution in [0.5, 0.6) is 0 Å². The van der Waals surface area contributed by atoms with Crippen LogP contribution in [0.4, 0.5) is 0 Å². The van der Waals surface area contributed by atoms with Gasteiger partial charge in [-0.3, -0.25) is 9.59 Å². The number of hydrogen-bond donors (Lipinski definition) is 2. The van der Waals surface area contributed by atoms with Gasteiger partial charge < -0.3 is 15.5 Å². The predicted octanol–water partition coefficient (Wildman–Crippen LogP) is 0.503. The Hall–Kier alpha value is -1.10. The highest BCUT2D eigenvalue weighted by atomic mass is 16.2. The van der Waals surface area contributed by atoms with E-state index >= 15 is 0 Å². The Morgan fingerprint density at radius 3 is 2.28 bits per heavy atom. The van der Waals surface area contributed by atoms with Crippen molar-refractivity contribution in [2.24, 2.45) is 0 Å². The summed E-state index contributed by atoms with van der Waals surface area (Å²) in [4.78, 5) is 25.3. The quantitative estimate of drug-likeness (QED) is 0.726. The summed E-state index contributed by atoms with van der Waals surface area (Å²) in [5.41, 5.74) is 0. The van der Waals surface area contributed by atoms with Gasteiger partial charge in [-0.05, 0) is 26.3 Å². The zero-order chi connectivity index (χ0) is 13.4. The van der Waals surface area contributed by atoms with E-state index < -0.39 is 0 Å². The van der Waals surface area contributed by atoms with Crippen LogP contribution in [0.1, 0.15) is 39.5 Å². The van der Waals surface area contributed by atoms with Crippen LogP contribution in [0.3, 0.4) is 0 Å². The highest BCUT2D eigenvalue weighted by Gasteiger charge is 2.19.